The number of rotatable bonds is 2. The number of fused-ring (bicyclic) bond motifs is 5. The topological polar surface area (TPSA) is 54.5 Å². The van der Waals surface area contributed by atoms with E-state index in [1.165, 1.54) is 6.92 Å². The van der Waals surface area contributed by atoms with Gasteiger partial charge in [-0.15, -0.1) is 0 Å². The maximum atomic E-state index is 14.2. The molecule has 168 valence electrons. The Morgan fingerprint density at radius 2 is 1.62 bits per heavy atom. The average Bonchev–Trinajstić information content (AvgIpc) is 3.26. The molecule has 0 aromatic heterocycles. The van der Waals surface area contributed by atoms with Crippen LogP contribution >= 0.6 is 27.5 Å². The highest BCUT2D eigenvalue weighted by molar-refractivity contribution is 9.10. The highest BCUT2D eigenvalue weighted by atomic mass is 79.9. The number of nitrogens with zero attached hydrogens (tertiary/aromatic N) is 1. The van der Waals surface area contributed by atoms with Crippen molar-refractivity contribution < 1.29 is 14.4 Å². The van der Waals surface area contributed by atoms with Gasteiger partial charge in [0.05, 0.1) is 12.1 Å². The SMILES string of the molecule is CC(=O)[C@@H]1[C@@H](c2ccc(Br)cc2)C2(C(=O)c3ccccc3C2=O)[C@H]2C=Cc3cc(Cl)ccc3N12. The third kappa shape index (κ3) is 2.68. The molecule has 0 bridgehead atoms. The summed E-state index contributed by atoms with van der Waals surface area (Å²) in [5.41, 5.74) is 1.85. The molecule has 1 aliphatic carbocycles. The van der Waals surface area contributed by atoms with Crippen LogP contribution in [-0.4, -0.2) is 29.4 Å². The standard InChI is InChI=1S/C28H19BrClNO3/c1-15(32)25-24(16-6-9-18(29)10-7-16)28(26(33)20-4-2-3-5-21(20)27(28)34)23-13-8-17-14-19(30)11-12-22(17)31(23)25/h2-14,23-25H,1H3/t23-,24-,25-/m1/s1. The lowest BCUT2D eigenvalue weighted by atomic mass is 9.64. The molecule has 0 N–H and O–H groups in total. The number of halogens is 2. The third-order valence-electron chi connectivity index (χ3n) is 7.41. The number of Topliss-reactive ketones (excluding diaryl/α,β-unsaturated/α-hetero) is 3. The first kappa shape index (κ1) is 21.5. The van der Waals surface area contributed by atoms with Crippen LogP contribution < -0.4 is 4.90 Å². The second-order valence-electron chi connectivity index (χ2n) is 9.07. The molecule has 0 amide bonds. The second-order valence-corrected chi connectivity index (χ2v) is 10.4. The van der Waals surface area contributed by atoms with Gasteiger partial charge < -0.3 is 4.90 Å². The number of ketones is 3. The van der Waals surface area contributed by atoms with E-state index in [9.17, 15) is 14.4 Å². The van der Waals surface area contributed by atoms with Crippen molar-refractivity contribution in [3.63, 3.8) is 0 Å². The average molecular weight is 533 g/mol. The molecule has 2 heterocycles. The number of hydrogen-bond acceptors (Lipinski definition) is 4. The van der Waals surface area contributed by atoms with Crippen molar-refractivity contribution in [3.05, 3.63) is 105 Å². The van der Waals surface area contributed by atoms with Crippen molar-refractivity contribution in [1.29, 1.82) is 0 Å². The molecule has 1 fully saturated rings. The van der Waals surface area contributed by atoms with Crippen LogP contribution in [0.1, 0.15) is 44.7 Å². The number of carbonyl (C=O) groups excluding carboxylic acids is 3. The number of carbonyl (C=O) groups is 3. The highest BCUT2D eigenvalue weighted by Gasteiger charge is 2.71. The number of anilines is 1. The van der Waals surface area contributed by atoms with E-state index < -0.39 is 23.4 Å². The molecule has 0 saturated carbocycles. The van der Waals surface area contributed by atoms with Crippen LogP contribution in [0.15, 0.2) is 77.3 Å². The molecule has 3 aliphatic rings. The minimum absolute atomic E-state index is 0.0949. The highest BCUT2D eigenvalue weighted by Crippen LogP contribution is 2.60. The molecule has 3 aromatic rings. The zero-order valence-electron chi connectivity index (χ0n) is 18.2. The van der Waals surface area contributed by atoms with E-state index >= 15 is 0 Å². The molecule has 3 atom stereocenters. The van der Waals surface area contributed by atoms with Crippen LogP contribution in [0.5, 0.6) is 0 Å². The molecule has 1 saturated heterocycles. The van der Waals surface area contributed by atoms with Crippen molar-refractivity contribution in [2.75, 3.05) is 4.90 Å². The second kappa shape index (κ2) is 7.49. The lowest BCUT2D eigenvalue weighted by molar-refractivity contribution is -0.118. The van der Waals surface area contributed by atoms with E-state index in [0.717, 1.165) is 21.3 Å². The normalized spacial score (nSPS) is 23.7. The van der Waals surface area contributed by atoms with Gasteiger partial charge >= 0.3 is 0 Å². The maximum Gasteiger partial charge on any atom is 0.180 e. The monoisotopic (exact) mass is 531 g/mol. The quantitative estimate of drug-likeness (QED) is 0.373. The number of benzene rings is 3. The molecule has 2 aliphatic heterocycles. The summed E-state index contributed by atoms with van der Waals surface area (Å²) in [6, 6.07) is 18.8. The first-order valence-electron chi connectivity index (χ1n) is 11.1. The molecule has 0 radical (unpaired) electrons. The Balaban J connectivity index is 1.68. The van der Waals surface area contributed by atoms with Crippen LogP contribution in [0, 0.1) is 5.41 Å². The number of hydrogen-bond donors (Lipinski definition) is 0. The van der Waals surface area contributed by atoms with Gasteiger partial charge in [0.15, 0.2) is 17.3 Å². The largest absolute Gasteiger partial charge is 0.352 e. The maximum absolute atomic E-state index is 14.2. The van der Waals surface area contributed by atoms with Gasteiger partial charge in [-0.1, -0.05) is 76.1 Å². The minimum Gasteiger partial charge on any atom is -0.352 e. The fourth-order valence-corrected chi connectivity index (χ4v) is 6.59. The smallest absolute Gasteiger partial charge is 0.180 e. The van der Waals surface area contributed by atoms with Crippen molar-refractivity contribution >= 4 is 56.6 Å². The molecule has 3 aromatic carbocycles. The minimum atomic E-state index is -1.44. The first-order chi connectivity index (χ1) is 16.4. The lowest BCUT2D eigenvalue weighted by Crippen LogP contribution is -2.48. The van der Waals surface area contributed by atoms with Gasteiger partial charge in [-0.05, 0) is 48.4 Å². The first-order valence-corrected chi connectivity index (χ1v) is 12.2. The Morgan fingerprint density at radius 3 is 2.24 bits per heavy atom. The van der Waals surface area contributed by atoms with Crippen LogP contribution in [0.25, 0.3) is 6.08 Å². The van der Waals surface area contributed by atoms with Crippen LogP contribution in [0.2, 0.25) is 5.02 Å². The zero-order valence-corrected chi connectivity index (χ0v) is 20.5. The summed E-state index contributed by atoms with van der Waals surface area (Å²) in [5, 5.41) is 0.583. The van der Waals surface area contributed by atoms with Crippen LogP contribution in [-0.2, 0) is 4.79 Å². The molecule has 6 heteroatoms. The van der Waals surface area contributed by atoms with Gasteiger partial charge in [0, 0.05) is 32.2 Å². The van der Waals surface area contributed by atoms with E-state index in [0.29, 0.717) is 16.1 Å². The Kier molecular flexibility index (Phi) is 4.74. The van der Waals surface area contributed by atoms with Gasteiger partial charge in [-0.25, -0.2) is 0 Å². The molecule has 1 spiro atoms. The summed E-state index contributed by atoms with van der Waals surface area (Å²) < 4.78 is 0.882. The van der Waals surface area contributed by atoms with Gasteiger partial charge in [-0.2, -0.15) is 0 Å². The molecule has 6 rings (SSSR count). The van der Waals surface area contributed by atoms with Gasteiger partial charge in [0.2, 0.25) is 0 Å². The summed E-state index contributed by atoms with van der Waals surface area (Å²) in [6.45, 7) is 1.54. The van der Waals surface area contributed by atoms with Crippen LogP contribution in [0.4, 0.5) is 5.69 Å². The Hall–Kier alpha value is -3.02. The summed E-state index contributed by atoms with van der Waals surface area (Å²) in [7, 11) is 0. The van der Waals surface area contributed by atoms with Gasteiger partial charge in [-0.3, -0.25) is 14.4 Å². The summed E-state index contributed by atoms with van der Waals surface area (Å²) in [6.07, 6.45) is 3.81. The third-order valence-corrected chi connectivity index (χ3v) is 8.18. The molecule has 0 unspecified atom stereocenters. The predicted octanol–water partition coefficient (Wildman–Crippen LogP) is 6.12. The molecule has 34 heavy (non-hydrogen) atoms. The van der Waals surface area contributed by atoms with Crippen LogP contribution in [0.3, 0.4) is 0 Å². The molecule has 4 nitrogen and oxygen atoms in total. The zero-order chi connectivity index (χ0) is 23.8. The fourth-order valence-electron chi connectivity index (χ4n) is 6.14. The molecular formula is C28H19BrClNO3. The summed E-state index contributed by atoms with van der Waals surface area (Å²) >= 11 is 9.73. The van der Waals surface area contributed by atoms with Gasteiger partial charge in [0.25, 0.3) is 0 Å². The Bertz CT molecular complexity index is 1390. The van der Waals surface area contributed by atoms with Crippen molar-refractivity contribution in [1.82, 2.24) is 0 Å². The van der Waals surface area contributed by atoms with E-state index in [1.54, 1.807) is 30.3 Å². The van der Waals surface area contributed by atoms with Crippen molar-refractivity contribution in [2.24, 2.45) is 5.41 Å². The van der Waals surface area contributed by atoms with Crippen molar-refractivity contribution in [2.45, 2.75) is 24.9 Å². The van der Waals surface area contributed by atoms with E-state index in [1.807, 2.05) is 53.5 Å². The van der Waals surface area contributed by atoms with E-state index in [2.05, 4.69) is 15.9 Å². The summed E-state index contributed by atoms with van der Waals surface area (Å²) in [4.78, 5) is 43.8. The van der Waals surface area contributed by atoms with E-state index in [4.69, 9.17) is 11.6 Å². The Morgan fingerprint density at radius 1 is 0.971 bits per heavy atom. The lowest BCUT2D eigenvalue weighted by Gasteiger charge is -2.37. The Labute approximate surface area is 210 Å². The van der Waals surface area contributed by atoms with E-state index in [-0.39, 0.29) is 17.3 Å². The molecular weight excluding hydrogens is 514 g/mol. The van der Waals surface area contributed by atoms with Crippen molar-refractivity contribution in [3.8, 4) is 0 Å². The van der Waals surface area contributed by atoms with Gasteiger partial charge in [0.1, 0.15) is 5.41 Å². The summed E-state index contributed by atoms with van der Waals surface area (Å²) in [5.74, 6) is -1.19. The predicted molar refractivity (Wildman–Crippen MR) is 136 cm³/mol. The fraction of sp³-hybridized carbons (Fsp3) is 0.179.